The first-order chi connectivity index (χ1) is 7.47. The van der Waals surface area contributed by atoms with Crippen molar-refractivity contribution in [1.29, 1.82) is 0 Å². The van der Waals surface area contributed by atoms with Crippen LogP contribution < -0.4 is 16.0 Å². The first-order valence-corrected chi connectivity index (χ1v) is 5.64. The molecule has 16 heavy (non-hydrogen) atoms. The minimum Gasteiger partial charge on any atom is -0.323 e. The molecule has 1 aromatic rings. The second-order valence-electron chi connectivity index (χ2n) is 2.76. The lowest BCUT2D eigenvalue weighted by atomic mass is 10.4. The number of nitrogen functional groups attached to an aromatic ring is 1. The summed E-state index contributed by atoms with van der Waals surface area (Å²) in [5.74, 6) is 5.09. The Labute approximate surface area is 90.9 Å². The topological polar surface area (TPSA) is 97.1 Å². The maximum atomic E-state index is 11.9. The predicted octanol–water partition coefficient (Wildman–Crippen LogP) is -0.0894. The van der Waals surface area contributed by atoms with Crippen LogP contribution in [0.1, 0.15) is 0 Å². The highest BCUT2D eigenvalue weighted by atomic mass is 32.2. The van der Waals surface area contributed by atoms with Crippen molar-refractivity contribution in [3.63, 3.8) is 0 Å². The molecule has 6 nitrogen and oxygen atoms in total. The molecule has 0 radical (unpaired) electrons. The molecule has 0 aliphatic heterocycles. The maximum Gasteiger partial charge on any atom is 0.251 e. The Bertz CT molecular complexity index is 451. The zero-order valence-corrected chi connectivity index (χ0v) is 8.84. The number of nitrogens with two attached hydrogens (primary N) is 1. The quantitative estimate of drug-likeness (QED) is 0.502. The fraction of sp³-hybridized carbons (Fsp3) is 0.286. The van der Waals surface area contributed by atoms with Gasteiger partial charge in [0.2, 0.25) is 10.0 Å². The molecular weight excluding hydrogens is 242 g/mol. The fourth-order valence-electron chi connectivity index (χ4n) is 0.964. The summed E-state index contributed by atoms with van der Waals surface area (Å²) in [6.45, 7) is -0.957. The van der Waals surface area contributed by atoms with Crippen molar-refractivity contribution in [3.8, 4) is 0 Å². The highest BCUT2D eigenvalue weighted by Crippen LogP contribution is 2.17. The van der Waals surface area contributed by atoms with Gasteiger partial charge in [0, 0.05) is 12.4 Å². The van der Waals surface area contributed by atoms with Crippen molar-refractivity contribution in [2.45, 2.75) is 11.3 Å². The molecule has 90 valence electrons. The number of rotatable bonds is 5. The Hall–Kier alpha value is -1.32. The van der Waals surface area contributed by atoms with Gasteiger partial charge < -0.3 is 5.43 Å². The summed E-state index contributed by atoms with van der Waals surface area (Å²) in [7, 11) is -4.03. The first-order valence-electron chi connectivity index (χ1n) is 4.16. The van der Waals surface area contributed by atoms with Gasteiger partial charge in [0.15, 0.2) is 0 Å². The Morgan fingerprint density at radius 1 is 1.50 bits per heavy atom. The average Bonchev–Trinajstić information content (AvgIpc) is 2.26. The van der Waals surface area contributed by atoms with Crippen LogP contribution in [0.5, 0.6) is 0 Å². The molecule has 0 saturated heterocycles. The van der Waals surface area contributed by atoms with E-state index in [1.165, 1.54) is 12.3 Å². The fourth-order valence-corrected chi connectivity index (χ4v) is 2.08. The second-order valence-corrected chi connectivity index (χ2v) is 4.49. The largest absolute Gasteiger partial charge is 0.323 e. The van der Waals surface area contributed by atoms with Crippen molar-refractivity contribution in [3.05, 3.63) is 18.5 Å². The summed E-state index contributed by atoms with van der Waals surface area (Å²) in [5.41, 5.74) is 2.22. The number of hydrogen-bond acceptors (Lipinski definition) is 5. The lowest BCUT2D eigenvalue weighted by Crippen LogP contribution is -2.29. The van der Waals surface area contributed by atoms with Crippen LogP contribution >= 0.6 is 0 Å². The highest BCUT2D eigenvalue weighted by Gasteiger charge is 2.19. The zero-order valence-electron chi connectivity index (χ0n) is 8.02. The van der Waals surface area contributed by atoms with Gasteiger partial charge in [0.25, 0.3) is 6.43 Å². The van der Waals surface area contributed by atoms with E-state index in [1.54, 1.807) is 4.72 Å². The molecular formula is C7H10F2N4O2S. The lowest BCUT2D eigenvalue weighted by Gasteiger charge is -2.09. The van der Waals surface area contributed by atoms with Crippen LogP contribution in [0.2, 0.25) is 0 Å². The van der Waals surface area contributed by atoms with Crippen LogP contribution in [-0.4, -0.2) is 26.4 Å². The van der Waals surface area contributed by atoms with Gasteiger partial charge in [-0.1, -0.05) is 0 Å². The molecule has 0 amide bonds. The number of anilines is 1. The number of sulfonamides is 1. The van der Waals surface area contributed by atoms with Crippen LogP contribution in [0, 0.1) is 0 Å². The summed E-state index contributed by atoms with van der Waals surface area (Å²) < 4.78 is 48.6. The van der Waals surface area contributed by atoms with Gasteiger partial charge in [-0.25, -0.2) is 21.9 Å². The molecule has 1 rings (SSSR count). The number of alkyl halides is 2. The number of aromatic nitrogens is 1. The Kier molecular flexibility index (Phi) is 4.10. The number of hydrazine groups is 1. The lowest BCUT2D eigenvalue weighted by molar-refractivity contribution is 0.153. The molecule has 0 aliphatic carbocycles. The van der Waals surface area contributed by atoms with Gasteiger partial charge in [-0.05, 0) is 6.07 Å². The molecule has 0 aromatic carbocycles. The summed E-state index contributed by atoms with van der Waals surface area (Å²) in [6.07, 6.45) is -0.426. The second kappa shape index (κ2) is 5.14. The van der Waals surface area contributed by atoms with Gasteiger partial charge in [-0.2, -0.15) is 0 Å². The Morgan fingerprint density at radius 3 is 2.75 bits per heavy atom. The predicted molar refractivity (Wildman–Crippen MR) is 53.2 cm³/mol. The van der Waals surface area contributed by atoms with Gasteiger partial charge >= 0.3 is 0 Å². The van der Waals surface area contributed by atoms with Gasteiger partial charge in [0.05, 0.1) is 12.2 Å². The van der Waals surface area contributed by atoms with E-state index in [1.807, 2.05) is 0 Å². The molecule has 1 heterocycles. The smallest absolute Gasteiger partial charge is 0.251 e. The molecule has 1 aromatic heterocycles. The molecule has 0 atom stereocenters. The third kappa shape index (κ3) is 3.08. The first kappa shape index (κ1) is 12.7. The summed E-state index contributed by atoms with van der Waals surface area (Å²) in [6, 6.07) is 1.32. The monoisotopic (exact) mass is 252 g/mol. The van der Waals surface area contributed by atoms with E-state index >= 15 is 0 Å². The average molecular weight is 252 g/mol. The molecule has 0 unspecified atom stereocenters. The standard InChI is InChI=1S/C7H10F2N4O2S/c8-7(9)4-12-16(14,15)6-3-11-2-1-5(6)13-10/h1-3,7,12H,4,10H2,(H,11,13). The minimum absolute atomic E-state index is 0.0803. The minimum atomic E-state index is -4.03. The van der Waals surface area contributed by atoms with E-state index in [4.69, 9.17) is 5.84 Å². The van der Waals surface area contributed by atoms with Gasteiger partial charge in [-0.3, -0.25) is 10.8 Å². The van der Waals surface area contributed by atoms with Gasteiger partial charge in [0.1, 0.15) is 4.90 Å². The van der Waals surface area contributed by atoms with Crippen LogP contribution in [0.3, 0.4) is 0 Å². The number of nitrogens with one attached hydrogen (secondary N) is 2. The number of halogens is 2. The molecule has 0 aliphatic rings. The van der Waals surface area contributed by atoms with E-state index in [-0.39, 0.29) is 10.6 Å². The summed E-state index contributed by atoms with van der Waals surface area (Å²) in [5, 5.41) is 0. The van der Waals surface area contributed by atoms with Crippen LogP contribution in [-0.2, 0) is 10.0 Å². The van der Waals surface area contributed by atoms with E-state index in [0.29, 0.717) is 0 Å². The van der Waals surface area contributed by atoms with E-state index in [9.17, 15) is 17.2 Å². The van der Waals surface area contributed by atoms with Crippen molar-refractivity contribution >= 4 is 15.7 Å². The molecule has 9 heteroatoms. The number of pyridine rings is 1. The van der Waals surface area contributed by atoms with Crippen molar-refractivity contribution in [1.82, 2.24) is 9.71 Å². The van der Waals surface area contributed by atoms with Gasteiger partial charge in [-0.15, -0.1) is 0 Å². The SMILES string of the molecule is NNc1ccncc1S(=O)(=O)NCC(F)F. The van der Waals surface area contributed by atoms with E-state index in [2.05, 4.69) is 10.4 Å². The van der Waals surface area contributed by atoms with Crippen molar-refractivity contribution in [2.24, 2.45) is 5.84 Å². The van der Waals surface area contributed by atoms with Crippen molar-refractivity contribution < 1.29 is 17.2 Å². The molecule has 0 fully saturated rings. The normalized spacial score (nSPS) is 11.8. The third-order valence-corrected chi connectivity index (χ3v) is 3.11. The Morgan fingerprint density at radius 2 is 2.19 bits per heavy atom. The number of nitrogens with zero attached hydrogens (tertiary/aromatic N) is 1. The van der Waals surface area contributed by atoms with Crippen LogP contribution in [0.25, 0.3) is 0 Å². The Balaban J connectivity index is 2.98. The zero-order chi connectivity index (χ0) is 12.2. The molecule has 0 bridgehead atoms. The van der Waals surface area contributed by atoms with Crippen LogP contribution in [0.15, 0.2) is 23.4 Å². The molecule has 0 saturated carbocycles. The summed E-state index contributed by atoms with van der Waals surface area (Å²) >= 11 is 0. The van der Waals surface area contributed by atoms with Crippen molar-refractivity contribution in [2.75, 3.05) is 12.0 Å². The molecule has 0 spiro atoms. The summed E-state index contributed by atoms with van der Waals surface area (Å²) in [4.78, 5) is 3.30. The van der Waals surface area contributed by atoms with E-state index < -0.39 is 23.0 Å². The highest BCUT2D eigenvalue weighted by molar-refractivity contribution is 7.89. The third-order valence-electron chi connectivity index (χ3n) is 1.66. The number of hydrogen-bond donors (Lipinski definition) is 3. The maximum absolute atomic E-state index is 11.9. The van der Waals surface area contributed by atoms with E-state index in [0.717, 1.165) is 6.20 Å². The molecule has 4 N–H and O–H groups in total. The van der Waals surface area contributed by atoms with Crippen LogP contribution in [0.4, 0.5) is 14.5 Å².